The highest BCUT2D eigenvalue weighted by molar-refractivity contribution is 6.09. The Balaban J connectivity index is 1.44. The summed E-state index contributed by atoms with van der Waals surface area (Å²) in [7, 11) is 0. The third-order valence-corrected chi connectivity index (χ3v) is 6.98. The van der Waals surface area contributed by atoms with Crippen LogP contribution in [0.3, 0.4) is 0 Å². The molecule has 7 rings (SSSR count). The minimum Gasteiger partial charge on any atom is -0.309 e. The summed E-state index contributed by atoms with van der Waals surface area (Å²) in [5, 5.41) is 2.53. The third kappa shape index (κ3) is 3.80. The zero-order valence-electron chi connectivity index (χ0n) is 20.3. The van der Waals surface area contributed by atoms with Crippen molar-refractivity contribution in [2.75, 3.05) is 0 Å². The minimum atomic E-state index is 0.961. The molecule has 0 unspecified atom stereocenters. The third-order valence-electron chi connectivity index (χ3n) is 6.98. The lowest BCUT2D eigenvalue weighted by molar-refractivity contribution is 1.18. The molecule has 0 aliphatic carbocycles. The van der Waals surface area contributed by atoms with Crippen LogP contribution in [0.1, 0.15) is 0 Å². The van der Waals surface area contributed by atoms with Crippen LogP contribution in [0.5, 0.6) is 0 Å². The van der Waals surface area contributed by atoms with E-state index >= 15 is 0 Å². The van der Waals surface area contributed by atoms with Crippen molar-refractivity contribution in [2.45, 2.75) is 0 Å². The monoisotopic (exact) mass is 472 g/mol. The van der Waals surface area contributed by atoms with E-state index in [9.17, 15) is 0 Å². The van der Waals surface area contributed by atoms with Gasteiger partial charge in [0.1, 0.15) is 0 Å². The van der Waals surface area contributed by atoms with Gasteiger partial charge in [0.2, 0.25) is 0 Å². The molecule has 2 aromatic heterocycles. The van der Waals surface area contributed by atoms with Crippen LogP contribution in [0.25, 0.3) is 61.1 Å². The Bertz CT molecular complexity index is 1750. The summed E-state index contributed by atoms with van der Waals surface area (Å²) in [6.07, 6.45) is 0. The highest BCUT2D eigenvalue weighted by atomic mass is 15.0. The second-order valence-corrected chi connectivity index (χ2v) is 9.28. The molecule has 0 bridgehead atoms. The van der Waals surface area contributed by atoms with Gasteiger partial charge in [-0.2, -0.15) is 0 Å². The summed E-state index contributed by atoms with van der Waals surface area (Å²) in [5.74, 6) is 0. The summed E-state index contributed by atoms with van der Waals surface area (Å²) >= 11 is 0. The first-order valence-corrected chi connectivity index (χ1v) is 12.6. The fraction of sp³-hybridized carbons (Fsp3) is 0. The molecule has 0 fully saturated rings. The van der Waals surface area contributed by atoms with Gasteiger partial charge in [0.15, 0.2) is 0 Å². The maximum Gasteiger partial charge on any atom is 0.0716 e. The number of pyridine rings is 1. The Morgan fingerprint density at radius 1 is 0.378 bits per heavy atom. The molecule has 0 amide bonds. The second kappa shape index (κ2) is 8.92. The standard InChI is InChI=1S/C35H24N2/c1-3-12-25(13-4-1)28-23-32(26-14-5-2-6-15-26)36-33(24-28)27-16-11-17-29(22-27)37-34-20-9-7-18-30(34)31-19-8-10-21-35(31)37/h1-24H. The maximum absolute atomic E-state index is 5.14. The summed E-state index contributed by atoms with van der Waals surface area (Å²) in [5.41, 5.74) is 10.0. The highest BCUT2D eigenvalue weighted by Crippen LogP contribution is 2.34. The number of benzene rings is 5. The van der Waals surface area contributed by atoms with Gasteiger partial charge in [0.05, 0.1) is 22.4 Å². The van der Waals surface area contributed by atoms with Gasteiger partial charge in [-0.1, -0.05) is 109 Å². The van der Waals surface area contributed by atoms with E-state index < -0.39 is 0 Å². The lowest BCUT2D eigenvalue weighted by atomic mass is 10.00. The van der Waals surface area contributed by atoms with Gasteiger partial charge >= 0.3 is 0 Å². The van der Waals surface area contributed by atoms with E-state index in [1.165, 1.54) is 27.4 Å². The number of hydrogen-bond donors (Lipinski definition) is 0. The van der Waals surface area contributed by atoms with Crippen LogP contribution in [0.15, 0.2) is 146 Å². The number of fused-ring (bicyclic) bond motifs is 3. The lowest BCUT2D eigenvalue weighted by Gasteiger charge is -2.13. The molecule has 7 aromatic rings. The van der Waals surface area contributed by atoms with Crippen LogP contribution in [0.4, 0.5) is 0 Å². The van der Waals surface area contributed by atoms with Crippen molar-refractivity contribution in [2.24, 2.45) is 0 Å². The largest absolute Gasteiger partial charge is 0.309 e. The Hall–Kier alpha value is -4.95. The highest BCUT2D eigenvalue weighted by Gasteiger charge is 2.13. The van der Waals surface area contributed by atoms with Gasteiger partial charge in [0, 0.05) is 27.6 Å². The van der Waals surface area contributed by atoms with E-state index in [2.05, 4.69) is 144 Å². The second-order valence-electron chi connectivity index (χ2n) is 9.28. The zero-order valence-corrected chi connectivity index (χ0v) is 20.3. The Morgan fingerprint density at radius 3 is 1.54 bits per heavy atom. The van der Waals surface area contributed by atoms with Gasteiger partial charge in [0.25, 0.3) is 0 Å². The van der Waals surface area contributed by atoms with Gasteiger partial charge < -0.3 is 4.57 Å². The quantitative estimate of drug-likeness (QED) is 0.250. The lowest BCUT2D eigenvalue weighted by Crippen LogP contribution is -1.95. The summed E-state index contributed by atoms with van der Waals surface area (Å²) < 4.78 is 2.35. The molecule has 0 saturated carbocycles. The summed E-state index contributed by atoms with van der Waals surface area (Å²) in [4.78, 5) is 5.14. The van der Waals surface area contributed by atoms with Crippen LogP contribution in [0.2, 0.25) is 0 Å². The summed E-state index contributed by atoms with van der Waals surface area (Å²) in [6, 6.07) is 51.3. The fourth-order valence-corrected chi connectivity index (χ4v) is 5.24. The van der Waals surface area contributed by atoms with E-state index in [4.69, 9.17) is 4.98 Å². The van der Waals surface area contributed by atoms with Crippen LogP contribution in [-0.4, -0.2) is 9.55 Å². The van der Waals surface area contributed by atoms with Crippen molar-refractivity contribution < 1.29 is 0 Å². The number of hydrogen-bond acceptors (Lipinski definition) is 1. The van der Waals surface area contributed by atoms with Crippen molar-refractivity contribution >= 4 is 21.8 Å². The summed E-state index contributed by atoms with van der Waals surface area (Å²) in [6.45, 7) is 0. The minimum absolute atomic E-state index is 0.961. The van der Waals surface area contributed by atoms with E-state index in [0.29, 0.717) is 0 Å². The number of nitrogens with zero attached hydrogens (tertiary/aromatic N) is 2. The maximum atomic E-state index is 5.14. The Kier molecular flexibility index (Phi) is 5.15. The van der Waals surface area contributed by atoms with Gasteiger partial charge in [-0.15, -0.1) is 0 Å². The van der Waals surface area contributed by atoms with E-state index in [1.807, 2.05) is 6.07 Å². The molecule has 0 N–H and O–H groups in total. The number of para-hydroxylation sites is 2. The molecule has 0 radical (unpaired) electrons. The SMILES string of the molecule is c1ccc(-c2cc(-c3ccccc3)nc(-c3cccc(-n4c5ccccc5c5ccccc54)c3)c2)cc1. The molecule has 2 nitrogen and oxygen atoms in total. The predicted octanol–water partition coefficient (Wildman–Crippen LogP) is 9.18. The molecule has 37 heavy (non-hydrogen) atoms. The van der Waals surface area contributed by atoms with Crippen molar-refractivity contribution in [3.05, 3.63) is 146 Å². The van der Waals surface area contributed by atoms with Crippen LogP contribution in [-0.2, 0) is 0 Å². The fourth-order valence-electron chi connectivity index (χ4n) is 5.24. The molecule has 5 aromatic carbocycles. The molecule has 2 heteroatoms. The molecule has 0 aliphatic heterocycles. The smallest absolute Gasteiger partial charge is 0.0716 e. The molecular weight excluding hydrogens is 448 g/mol. The van der Waals surface area contributed by atoms with Crippen LogP contribution in [0, 0.1) is 0 Å². The average Bonchev–Trinajstić information content (AvgIpc) is 3.32. The Morgan fingerprint density at radius 2 is 0.892 bits per heavy atom. The molecule has 0 saturated heterocycles. The van der Waals surface area contributed by atoms with E-state index in [0.717, 1.165) is 33.8 Å². The average molecular weight is 473 g/mol. The first kappa shape index (κ1) is 21.3. The van der Waals surface area contributed by atoms with E-state index in [-0.39, 0.29) is 0 Å². The van der Waals surface area contributed by atoms with Crippen molar-refractivity contribution in [3.8, 4) is 39.3 Å². The first-order chi connectivity index (χ1) is 18.3. The molecule has 0 aliphatic rings. The van der Waals surface area contributed by atoms with Crippen molar-refractivity contribution in [3.63, 3.8) is 0 Å². The van der Waals surface area contributed by atoms with Crippen molar-refractivity contribution in [1.29, 1.82) is 0 Å². The molecule has 0 atom stereocenters. The molecule has 0 spiro atoms. The van der Waals surface area contributed by atoms with Gasteiger partial charge in [-0.05, 0) is 47.5 Å². The molecule has 2 heterocycles. The zero-order chi connectivity index (χ0) is 24.6. The number of rotatable bonds is 4. The molecular formula is C35H24N2. The van der Waals surface area contributed by atoms with Gasteiger partial charge in [-0.25, -0.2) is 4.98 Å². The normalized spacial score (nSPS) is 11.2. The molecule has 174 valence electrons. The van der Waals surface area contributed by atoms with Gasteiger partial charge in [-0.3, -0.25) is 0 Å². The first-order valence-electron chi connectivity index (χ1n) is 12.6. The predicted molar refractivity (Wildman–Crippen MR) is 155 cm³/mol. The topological polar surface area (TPSA) is 17.8 Å². The van der Waals surface area contributed by atoms with Crippen LogP contribution < -0.4 is 0 Å². The van der Waals surface area contributed by atoms with Crippen molar-refractivity contribution in [1.82, 2.24) is 9.55 Å². The Labute approximate surface area is 216 Å². The van der Waals surface area contributed by atoms with E-state index in [1.54, 1.807) is 0 Å². The van der Waals surface area contributed by atoms with Crippen LogP contribution >= 0.6 is 0 Å². The number of aromatic nitrogens is 2.